The van der Waals surface area contributed by atoms with Crippen molar-refractivity contribution in [3.63, 3.8) is 0 Å². The average Bonchev–Trinajstić information content (AvgIpc) is 3.42. The van der Waals surface area contributed by atoms with Crippen LogP contribution in [0.15, 0.2) is 29.3 Å². The number of nitrogens with zero attached hydrogens (tertiary/aromatic N) is 3. The van der Waals surface area contributed by atoms with Crippen LogP contribution in [0.5, 0.6) is 0 Å². The highest BCUT2D eigenvalue weighted by molar-refractivity contribution is 14.0. The molecule has 6 heteroatoms. The largest absolute Gasteiger partial charge is 0.372 e. The van der Waals surface area contributed by atoms with Gasteiger partial charge in [0.25, 0.3) is 0 Å². The van der Waals surface area contributed by atoms with Crippen LogP contribution in [-0.2, 0) is 0 Å². The third-order valence-corrected chi connectivity index (χ3v) is 5.89. The van der Waals surface area contributed by atoms with Gasteiger partial charge in [0.2, 0.25) is 0 Å². The zero-order valence-corrected chi connectivity index (χ0v) is 20.7. The standard InChI is InChI=1S/C23H39N5.HI/c1-3-24-23(25-13-4-5-14-27-15-6-7-16-27)26-20(2)21-11-10-12-22(19-21)28-17-8-9-18-28;/h10-12,19-20H,3-9,13-18H2,1-2H3,(H2,24,25,26);1H. The van der Waals surface area contributed by atoms with Gasteiger partial charge in [-0.2, -0.15) is 0 Å². The van der Waals surface area contributed by atoms with Crippen molar-refractivity contribution in [1.29, 1.82) is 0 Å². The second-order valence-corrected chi connectivity index (χ2v) is 8.17. The van der Waals surface area contributed by atoms with Gasteiger partial charge in [0.1, 0.15) is 0 Å². The molecule has 3 rings (SSSR count). The van der Waals surface area contributed by atoms with Crippen LogP contribution in [0.1, 0.15) is 64.0 Å². The Bertz CT molecular complexity index is 609. The topological polar surface area (TPSA) is 42.9 Å². The van der Waals surface area contributed by atoms with Gasteiger partial charge in [0.15, 0.2) is 5.96 Å². The molecule has 2 aliphatic heterocycles. The third kappa shape index (κ3) is 7.96. The van der Waals surface area contributed by atoms with Crippen molar-refractivity contribution in [2.75, 3.05) is 50.7 Å². The molecular formula is C23H40IN5. The van der Waals surface area contributed by atoms with Crippen LogP contribution in [0.4, 0.5) is 5.69 Å². The number of hydrogen-bond donors (Lipinski definition) is 2. The predicted molar refractivity (Wildman–Crippen MR) is 136 cm³/mol. The number of hydrogen-bond acceptors (Lipinski definition) is 3. The number of rotatable bonds is 9. The lowest BCUT2D eigenvalue weighted by molar-refractivity contribution is 0.331. The molecular weight excluding hydrogens is 473 g/mol. The van der Waals surface area contributed by atoms with Gasteiger partial charge in [-0.25, -0.2) is 0 Å². The van der Waals surface area contributed by atoms with E-state index in [4.69, 9.17) is 4.99 Å². The van der Waals surface area contributed by atoms with Gasteiger partial charge < -0.3 is 20.4 Å². The minimum absolute atomic E-state index is 0. The fraction of sp³-hybridized carbons (Fsp3) is 0.696. The van der Waals surface area contributed by atoms with E-state index in [0.29, 0.717) is 0 Å². The molecule has 0 bridgehead atoms. The lowest BCUT2D eigenvalue weighted by Crippen LogP contribution is -2.38. The Morgan fingerprint density at radius 1 is 1.07 bits per heavy atom. The number of anilines is 1. The Hall–Kier alpha value is -1.02. The van der Waals surface area contributed by atoms with E-state index < -0.39 is 0 Å². The maximum Gasteiger partial charge on any atom is 0.191 e. The molecule has 2 aliphatic rings. The first kappa shape index (κ1) is 24.3. The summed E-state index contributed by atoms with van der Waals surface area (Å²) in [6.45, 7) is 12.3. The van der Waals surface area contributed by atoms with E-state index >= 15 is 0 Å². The first-order valence-electron chi connectivity index (χ1n) is 11.4. The molecule has 1 atom stereocenters. The SMILES string of the molecule is CCNC(=NCCCCN1CCCC1)NC(C)c1cccc(N2CCCC2)c1.I. The summed E-state index contributed by atoms with van der Waals surface area (Å²) in [5, 5.41) is 7.00. The third-order valence-electron chi connectivity index (χ3n) is 5.89. The first-order valence-corrected chi connectivity index (χ1v) is 11.4. The van der Waals surface area contributed by atoms with Crippen LogP contribution < -0.4 is 15.5 Å². The molecule has 0 saturated carbocycles. The quantitative estimate of drug-likeness (QED) is 0.223. The lowest BCUT2D eigenvalue weighted by atomic mass is 10.1. The fourth-order valence-corrected chi connectivity index (χ4v) is 4.22. The summed E-state index contributed by atoms with van der Waals surface area (Å²) < 4.78 is 0. The van der Waals surface area contributed by atoms with Crippen molar-refractivity contribution in [3.05, 3.63) is 29.8 Å². The summed E-state index contributed by atoms with van der Waals surface area (Å²) in [5.41, 5.74) is 2.68. The molecule has 2 saturated heterocycles. The van der Waals surface area contributed by atoms with E-state index in [1.807, 2.05) is 0 Å². The Labute approximate surface area is 194 Å². The van der Waals surface area contributed by atoms with E-state index in [-0.39, 0.29) is 30.0 Å². The highest BCUT2D eigenvalue weighted by Crippen LogP contribution is 2.23. The molecule has 164 valence electrons. The smallest absolute Gasteiger partial charge is 0.191 e. The minimum atomic E-state index is 0. The molecule has 29 heavy (non-hydrogen) atoms. The maximum absolute atomic E-state index is 4.81. The van der Waals surface area contributed by atoms with Crippen molar-refractivity contribution >= 4 is 35.6 Å². The molecule has 2 heterocycles. The second kappa shape index (κ2) is 13.3. The summed E-state index contributed by atoms with van der Waals surface area (Å²) in [7, 11) is 0. The molecule has 2 N–H and O–H groups in total. The summed E-state index contributed by atoms with van der Waals surface area (Å²) in [4.78, 5) is 9.89. The van der Waals surface area contributed by atoms with E-state index in [0.717, 1.165) is 25.5 Å². The van der Waals surface area contributed by atoms with Gasteiger partial charge in [-0.3, -0.25) is 4.99 Å². The predicted octanol–water partition coefficient (Wildman–Crippen LogP) is 4.40. The number of halogens is 1. The summed E-state index contributed by atoms with van der Waals surface area (Å²) in [6, 6.07) is 9.22. The van der Waals surface area contributed by atoms with Crippen LogP contribution in [-0.4, -0.2) is 56.7 Å². The fourth-order valence-electron chi connectivity index (χ4n) is 4.22. The number of likely N-dealkylation sites (tertiary alicyclic amines) is 1. The number of nitrogens with one attached hydrogen (secondary N) is 2. The van der Waals surface area contributed by atoms with Crippen LogP contribution in [0.3, 0.4) is 0 Å². The van der Waals surface area contributed by atoms with E-state index in [2.05, 4.69) is 58.5 Å². The monoisotopic (exact) mass is 513 g/mol. The van der Waals surface area contributed by atoms with Crippen molar-refractivity contribution in [2.45, 2.75) is 58.4 Å². The molecule has 5 nitrogen and oxygen atoms in total. The van der Waals surface area contributed by atoms with Crippen LogP contribution in [0, 0.1) is 0 Å². The Kier molecular flexibility index (Phi) is 11.1. The van der Waals surface area contributed by atoms with Gasteiger partial charge in [-0.15, -0.1) is 24.0 Å². The van der Waals surface area contributed by atoms with Gasteiger partial charge in [-0.05, 0) is 89.7 Å². The molecule has 1 aromatic rings. The molecule has 0 amide bonds. The molecule has 1 unspecified atom stereocenters. The summed E-state index contributed by atoms with van der Waals surface area (Å²) in [5.74, 6) is 0.933. The van der Waals surface area contributed by atoms with E-state index in [9.17, 15) is 0 Å². The van der Waals surface area contributed by atoms with E-state index in [1.165, 1.54) is 76.1 Å². The molecule has 0 aliphatic carbocycles. The number of guanidine groups is 1. The van der Waals surface area contributed by atoms with Gasteiger partial charge in [0, 0.05) is 31.9 Å². The van der Waals surface area contributed by atoms with Gasteiger partial charge in [-0.1, -0.05) is 12.1 Å². The minimum Gasteiger partial charge on any atom is -0.372 e. The molecule has 1 aromatic carbocycles. The first-order chi connectivity index (χ1) is 13.8. The Balaban J connectivity index is 0.00000300. The van der Waals surface area contributed by atoms with Gasteiger partial charge in [0.05, 0.1) is 6.04 Å². The Morgan fingerprint density at radius 2 is 1.79 bits per heavy atom. The maximum atomic E-state index is 4.81. The van der Waals surface area contributed by atoms with Crippen molar-refractivity contribution in [1.82, 2.24) is 15.5 Å². The summed E-state index contributed by atoms with van der Waals surface area (Å²) >= 11 is 0. The highest BCUT2D eigenvalue weighted by Gasteiger charge is 2.14. The number of unbranched alkanes of at least 4 members (excludes halogenated alkanes) is 1. The molecule has 0 aromatic heterocycles. The highest BCUT2D eigenvalue weighted by atomic mass is 127. The second-order valence-electron chi connectivity index (χ2n) is 8.17. The van der Waals surface area contributed by atoms with Crippen molar-refractivity contribution < 1.29 is 0 Å². The average molecular weight is 514 g/mol. The van der Waals surface area contributed by atoms with E-state index in [1.54, 1.807) is 0 Å². The zero-order valence-electron chi connectivity index (χ0n) is 18.3. The number of benzene rings is 1. The van der Waals surface area contributed by atoms with Gasteiger partial charge >= 0.3 is 0 Å². The molecule has 2 fully saturated rings. The lowest BCUT2D eigenvalue weighted by Gasteiger charge is -2.22. The summed E-state index contributed by atoms with van der Waals surface area (Å²) in [6.07, 6.45) is 7.79. The van der Waals surface area contributed by atoms with Crippen LogP contribution in [0.2, 0.25) is 0 Å². The van der Waals surface area contributed by atoms with Crippen molar-refractivity contribution in [3.8, 4) is 0 Å². The Morgan fingerprint density at radius 3 is 2.52 bits per heavy atom. The molecule has 0 radical (unpaired) electrons. The van der Waals surface area contributed by atoms with Crippen molar-refractivity contribution in [2.24, 2.45) is 4.99 Å². The normalized spacial score (nSPS) is 18.6. The zero-order chi connectivity index (χ0) is 19.6. The van der Waals surface area contributed by atoms with Crippen LogP contribution >= 0.6 is 24.0 Å². The van der Waals surface area contributed by atoms with Crippen LogP contribution in [0.25, 0.3) is 0 Å². The number of aliphatic imine (C=N–C) groups is 1. The molecule has 0 spiro atoms.